The second-order valence-electron chi connectivity index (χ2n) is 5.67. The number of rotatable bonds is 11. The Kier molecular flexibility index (Phi) is 8.38. The summed E-state index contributed by atoms with van der Waals surface area (Å²) in [6.45, 7) is 2.27. The Morgan fingerprint density at radius 3 is 1.82 bits per heavy atom. The minimum atomic E-state index is 0.462. The first-order chi connectivity index (χ1) is 8.34. The zero-order valence-corrected chi connectivity index (χ0v) is 11.7. The van der Waals surface area contributed by atoms with Gasteiger partial charge in [-0.1, -0.05) is 71.1 Å². The molecule has 1 aliphatic rings. The van der Waals surface area contributed by atoms with Gasteiger partial charge in [0.2, 0.25) is 0 Å². The summed E-state index contributed by atoms with van der Waals surface area (Å²) in [5, 5.41) is 0. The first-order valence-electron chi connectivity index (χ1n) is 7.87. The summed E-state index contributed by atoms with van der Waals surface area (Å²) in [5.41, 5.74) is 0. The fourth-order valence-electron chi connectivity index (χ4n) is 2.65. The molecule has 0 aliphatic heterocycles. The number of unbranched alkanes of at least 4 members (excludes halogenated alkanes) is 9. The molecular formula is C16H30O. The van der Waals surface area contributed by atoms with Crippen LogP contribution < -0.4 is 0 Å². The van der Waals surface area contributed by atoms with E-state index < -0.39 is 0 Å². The Bertz CT molecular complexity index is 198. The number of Topliss-reactive ketones (excluding diaryl/α,β-unsaturated/α-hetero) is 1. The van der Waals surface area contributed by atoms with Crippen molar-refractivity contribution in [2.24, 2.45) is 5.92 Å². The second kappa shape index (κ2) is 9.67. The van der Waals surface area contributed by atoms with Crippen molar-refractivity contribution in [1.29, 1.82) is 0 Å². The molecule has 0 aromatic carbocycles. The molecule has 1 aliphatic carbocycles. The fraction of sp³-hybridized carbons (Fsp3) is 0.938. The monoisotopic (exact) mass is 238 g/mol. The predicted molar refractivity (Wildman–Crippen MR) is 74.2 cm³/mol. The zero-order chi connectivity index (χ0) is 12.3. The van der Waals surface area contributed by atoms with Gasteiger partial charge in [0.1, 0.15) is 5.78 Å². The van der Waals surface area contributed by atoms with Crippen LogP contribution >= 0.6 is 0 Å². The van der Waals surface area contributed by atoms with Gasteiger partial charge in [0.15, 0.2) is 0 Å². The Balaban J connectivity index is 1.71. The lowest BCUT2D eigenvalue weighted by atomic mass is 9.80. The summed E-state index contributed by atoms with van der Waals surface area (Å²) in [7, 11) is 0. The van der Waals surface area contributed by atoms with Crippen molar-refractivity contribution in [3.8, 4) is 0 Å². The molecule has 0 amide bonds. The Hall–Kier alpha value is -0.330. The highest BCUT2D eigenvalue weighted by Crippen LogP contribution is 2.27. The molecule has 1 rings (SSSR count). The molecule has 1 atom stereocenters. The number of hydrogen-bond donors (Lipinski definition) is 0. The first-order valence-corrected chi connectivity index (χ1v) is 7.87. The van der Waals surface area contributed by atoms with Crippen molar-refractivity contribution in [1.82, 2.24) is 0 Å². The minimum Gasteiger partial charge on any atom is -0.299 e. The van der Waals surface area contributed by atoms with Crippen molar-refractivity contribution < 1.29 is 4.79 Å². The molecule has 0 aromatic heterocycles. The Morgan fingerprint density at radius 2 is 1.41 bits per heavy atom. The van der Waals surface area contributed by atoms with Crippen LogP contribution in [0.2, 0.25) is 0 Å². The van der Waals surface area contributed by atoms with E-state index in [2.05, 4.69) is 6.92 Å². The van der Waals surface area contributed by atoms with E-state index in [0.717, 1.165) is 6.42 Å². The quantitative estimate of drug-likeness (QED) is 0.448. The molecule has 1 heteroatoms. The van der Waals surface area contributed by atoms with E-state index in [9.17, 15) is 4.79 Å². The van der Waals surface area contributed by atoms with Crippen LogP contribution in [0.3, 0.4) is 0 Å². The third-order valence-corrected chi connectivity index (χ3v) is 4.10. The highest BCUT2D eigenvalue weighted by atomic mass is 16.1. The van der Waals surface area contributed by atoms with Gasteiger partial charge >= 0.3 is 0 Å². The smallest absolute Gasteiger partial charge is 0.136 e. The number of carbonyl (C=O) groups excluding carboxylic acids is 1. The van der Waals surface area contributed by atoms with Gasteiger partial charge in [-0.2, -0.15) is 0 Å². The molecule has 17 heavy (non-hydrogen) atoms. The summed E-state index contributed by atoms with van der Waals surface area (Å²) in [4.78, 5) is 11.1. The van der Waals surface area contributed by atoms with Crippen molar-refractivity contribution in [3.05, 3.63) is 0 Å². The van der Waals surface area contributed by atoms with Crippen molar-refractivity contribution in [2.45, 2.75) is 90.4 Å². The standard InChI is InChI=1S/C16H30O/c1-2-3-4-5-6-7-8-9-10-11-12-15-13-14-16(15)17/h15H,2-14H2,1H3/t15-/m1/s1. The maximum Gasteiger partial charge on any atom is 0.136 e. The van der Waals surface area contributed by atoms with Gasteiger partial charge in [0, 0.05) is 12.3 Å². The zero-order valence-electron chi connectivity index (χ0n) is 11.7. The third kappa shape index (κ3) is 6.85. The summed E-state index contributed by atoms with van der Waals surface area (Å²) in [6, 6.07) is 0. The Morgan fingerprint density at radius 1 is 0.882 bits per heavy atom. The maximum absolute atomic E-state index is 11.1. The average Bonchev–Trinajstić information content (AvgIpc) is 2.34. The van der Waals surface area contributed by atoms with Gasteiger partial charge in [0.25, 0.3) is 0 Å². The molecule has 0 spiro atoms. The number of hydrogen-bond acceptors (Lipinski definition) is 1. The van der Waals surface area contributed by atoms with Crippen molar-refractivity contribution in [2.75, 3.05) is 0 Å². The van der Waals surface area contributed by atoms with Crippen LogP contribution in [0, 0.1) is 5.92 Å². The van der Waals surface area contributed by atoms with Crippen LogP contribution in [-0.4, -0.2) is 5.78 Å². The van der Waals surface area contributed by atoms with Gasteiger partial charge in [-0.25, -0.2) is 0 Å². The highest BCUT2D eigenvalue weighted by molar-refractivity contribution is 5.86. The van der Waals surface area contributed by atoms with Crippen LogP contribution in [0.5, 0.6) is 0 Å². The Labute approximate surface area is 107 Å². The molecule has 1 saturated carbocycles. The van der Waals surface area contributed by atoms with Crippen LogP contribution in [0.1, 0.15) is 90.4 Å². The lowest BCUT2D eigenvalue weighted by Crippen LogP contribution is -2.25. The molecule has 100 valence electrons. The third-order valence-electron chi connectivity index (χ3n) is 4.10. The van der Waals surface area contributed by atoms with Crippen LogP contribution in [-0.2, 0) is 4.79 Å². The predicted octanol–water partition coefficient (Wildman–Crippen LogP) is 5.28. The first kappa shape index (κ1) is 14.7. The molecule has 0 unspecified atom stereocenters. The average molecular weight is 238 g/mol. The van der Waals surface area contributed by atoms with E-state index in [-0.39, 0.29) is 0 Å². The lowest BCUT2D eigenvalue weighted by molar-refractivity contribution is -0.129. The molecule has 0 saturated heterocycles. The molecular weight excluding hydrogens is 208 g/mol. The highest BCUT2D eigenvalue weighted by Gasteiger charge is 2.26. The maximum atomic E-state index is 11.1. The van der Waals surface area contributed by atoms with Gasteiger partial charge in [-0.3, -0.25) is 4.79 Å². The topological polar surface area (TPSA) is 17.1 Å². The summed E-state index contributed by atoms with van der Waals surface area (Å²) in [5.74, 6) is 0.991. The van der Waals surface area contributed by atoms with E-state index in [0.29, 0.717) is 11.7 Å². The van der Waals surface area contributed by atoms with Crippen LogP contribution in [0.15, 0.2) is 0 Å². The normalized spacial score (nSPS) is 19.4. The molecule has 1 nitrogen and oxygen atoms in total. The van der Waals surface area contributed by atoms with Gasteiger partial charge in [-0.05, 0) is 12.8 Å². The summed E-state index contributed by atoms with van der Waals surface area (Å²) < 4.78 is 0. The van der Waals surface area contributed by atoms with E-state index in [1.807, 2.05) is 0 Å². The number of carbonyl (C=O) groups is 1. The molecule has 0 bridgehead atoms. The van der Waals surface area contributed by atoms with Gasteiger partial charge < -0.3 is 0 Å². The fourth-order valence-corrected chi connectivity index (χ4v) is 2.65. The van der Waals surface area contributed by atoms with Crippen LogP contribution in [0.4, 0.5) is 0 Å². The van der Waals surface area contributed by atoms with Gasteiger partial charge in [0.05, 0.1) is 0 Å². The summed E-state index contributed by atoms with van der Waals surface area (Å²) in [6.07, 6.45) is 17.1. The van der Waals surface area contributed by atoms with E-state index in [4.69, 9.17) is 0 Å². The molecule has 0 aromatic rings. The van der Waals surface area contributed by atoms with Gasteiger partial charge in [-0.15, -0.1) is 0 Å². The molecule has 0 heterocycles. The van der Waals surface area contributed by atoms with Crippen molar-refractivity contribution >= 4 is 5.78 Å². The minimum absolute atomic E-state index is 0.462. The molecule has 1 fully saturated rings. The van der Waals surface area contributed by atoms with E-state index in [1.165, 1.54) is 77.0 Å². The second-order valence-corrected chi connectivity index (χ2v) is 5.67. The SMILES string of the molecule is CCCCCCCCCCCC[C@@H]1CCC1=O. The van der Waals surface area contributed by atoms with E-state index >= 15 is 0 Å². The van der Waals surface area contributed by atoms with E-state index in [1.54, 1.807) is 0 Å². The molecule has 0 N–H and O–H groups in total. The lowest BCUT2D eigenvalue weighted by Gasteiger charge is -2.23. The largest absolute Gasteiger partial charge is 0.299 e. The van der Waals surface area contributed by atoms with Crippen molar-refractivity contribution in [3.63, 3.8) is 0 Å². The number of ketones is 1. The summed E-state index contributed by atoms with van der Waals surface area (Å²) >= 11 is 0. The molecule has 0 radical (unpaired) electrons. The van der Waals surface area contributed by atoms with Crippen LogP contribution in [0.25, 0.3) is 0 Å².